The minimum atomic E-state index is -0.348. The van der Waals surface area contributed by atoms with E-state index in [1.54, 1.807) is 18.5 Å². The van der Waals surface area contributed by atoms with Gasteiger partial charge in [-0.05, 0) is 41.5 Å². The summed E-state index contributed by atoms with van der Waals surface area (Å²) in [5.74, 6) is -0.665. The number of rotatable bonds is 6. The van der Waals surface area contributed by atoms with Crippen LogP contribution in [0, 0.1) is 0 Å². The molecule has 0 radical (unpaired) electrons. The molecule has 2 amide bonds. The third kappa shape index (κ3) is 3.80. The number of hydrogen-bond acceptors (Lipinski definition) is 5. The summed E-state index contributed by atoms with van der Waals surface area (Å²) in [5.41, 5.74) is 3.95. The molecule has 6 heteroatoms. The van der Waals surface area contributed by atoms with Crippen molar-refractivity contribution in [3.05, 3.63) is 95.9 Å². The summed E-state index contributed by atoms with van der Waals surface area (Å²) >= 11 is 0. The molecule has 0 fully saturated rings. The normalized spacial score (nSPS) is 13.7. The summed E-state index contributed by atoms with van der Waals surface area (Å²) < 4.78 is 0. The molecule has 150 valence electrons. The number of amides is 2. The highest BCUT2D eigenvalue weighted by Gasteiger charge is 2.39. The second-order valence-electron chi connectivity index (χ2n) is 7.24. The quantitative estimate of drug-likeness (QED) is 0.644. The molecular weight excluding hydrogens is 376 g/mol. The molecular formula is C24H22N4O2. The molecule has 3 aromatic rings. The van der Waals surface area contributed by atoms with Gasteiger partial charge in [0.2, 0.25) is 0 Å². The van der Waals surface area contributed by atoms with E-state index in [1.807, 2.05) is 79.7 Å². The fourth-order valence-electron chi connectivity index (χ4n) is 3.37. The number of benzene rings is 2. The number of imide groups is 1. The Balaban J connectivity index is 1.70. The molecule has 0 unspecified atom stereocenters. The first-order valence-electron chi connectivity index (χ1n) is 9.64. The first kappa shape index (κ1) is 19.4. The van der Waals surface area contributed by atoms with Crippen LogP contribution in [0.4, 0.5) is 11.4 Å². The lowest BCUT2D eigenvalue weighted by Gasteiger charge is -2.16. The summed E-state index contributed by atoms with van der Waals surface area (Å²) in [4.78, 5) is 33.8. The van der Waals surface area contributed by atoms with E-state index in [-0.39, 0.29) is 24.1 Å². The average Bonchev–Trinajstić information content (AvgIpc) is 3.00. The maximum atomic E-state index is 13.2. The van der Waals surface area contributed by atoms with Crippen molar-refractivity contribution in [3.8, 4) is 0 Å². The Labute approximate surface area is 175 Å². The van der Waals surface area contributed by atoms with Gasteiger partial charge in [0.15, 0.2) is 0 Å². The van der Waals surface area contributed by atoms with E-state index in [4.69, 9.17) is 0 Å². The Morgan fingerprint density at radius 3 is 2.27 bits per heavy atom. The molecule has 1 aliphatic rings. The van der Waals surface area contributed by atoms with Gasteiger partial charge in [0.25, 0.3) is 11.8 Å². The van der Waals surface area contributed by atoms with Crippen LogP contribution in [0.25, 0.3) is 5.57 Å². The van der Waals surface area contributed by atoms with Crippen LogP contribution in [0.2, 0.25) is 0 Å². The van der Waals surface area contributed by atoms with E-state index in [0.29, 0.717) is 11.1 Å². The molecule has 0 spiro atoms. The largest absolute Gasteiger partial charge is 0.378 e. The summed E-state index contributed by atoms with van der Waals surface area (Å²) in [7, 11) is 3.93. The molecule has 0 aliphatic carbocycles. The number of hydrogen-bond donors (Lipinski definition) is 1. The van der Waals surface area contributed by atoms with E-state index in [9.17, 15) is 9.59 Å². The van der Waals surface area contributed by atoms with Crippen LogP contribution < -0.4 is 10.2 Å². The van der Waals surface area contributed by atoms with Crippen LogP contribution in [0.5, 0.6) is 0 Å². The first-order chi connectivity index (χ1) is 14.5. The number of anilines is 2. The van der Waals surface area contributed by atoms with Crippen molar-refractivity contribution < 1.29 is 9.59 Å². The summed E-state index contributed by atoms with van der Waals surface area (Å²) in [5, 5.41) is 3.18. The second-order valence-corrected chi connectivity index (χ2v) is 7.24. The maximum Gasteiger partial charge on any atom is 0.278 e. The van der Waals surface area contributed by atoms with Gasteiger partial charge in [-0.15, -0.1) is 0 Å². The van der Waals surface area contributed by atoms with E-state index in [2.05, 4.69) is 10.3 Å². The molecule has 0 saturated carbocycles. The predicted molar refractivity (Wildman–Crippen MR) is 118 cm³/mol. The summed E-state index contributed by atoms with van der Waals surface area (Å²) in [6.45, 7) is 0.173. The summed E-state index contributed by atoms with van der Waals surface area (Å²) in [6.07, 6.45) is 3.32. The van der Waals surface area contributed by atoms with E-state index < -0.39 is 0 Å². The average molecular weight is 398 g/mol. The topological polar surface area (TPSA) is 65.5 Å². The Kier molecular flexibility index (Phi) is 5.30. The van der Waals surface area contributed by atoms with Crippen LogP contribution >= 0.6 is 0 Å². The van der Waals surface area contributed by atoms with Gasteiger partial charge in [-0.2, -0.15) is 0 Å². The van der Waals surface area contributed by atoms with Crippen molar-refractivity contribution in [2.24, 2.45) is 0 Å². The van der Waals surface area contributed by atoms with Gasteiger partial charge in [0.05, 0.1) is 12.1 Å². The van der Waals surface area contributed by atoms with Crippen molar-refractivity contribution in [2.75, 3.05) is 24.3 Å². The molecule has 1 N–H and O–H groups in total. The summed E-state index contributed by atoms with van der Waals surface area (Å²) in [6, 6.07) is 20.6. The molecule has 0 saturated heterocycles. The molecule has 30 heavy (non-hydrogen) atoms. The second kappa shape index (κ2) is 8.21. The lowest BCUT2D eigenvalue weighted by Crippen LogP contribution is -2.32. The van der Waals surface area contributed by atoms with Crippen molar-refractivity contribution in [1.82, 2.24) is 9.88 Å². The van der Waals surface area contributed by atoms with Crippen LogP contribution in [-0.2, 0) is 16.1 Å². The van der Waals surface area contributed by atoms with Gasteiger partial charge in [0.1, 0.15) is 5.70 Å². The molecule has 0 bridgehead atoms. The van der Waals surface area contributed by atoms with Crippen LogP contribution in [0.1, 0.15) is 11.1 Å². The monoisotopic (exact) mass is 398 g/mol. The molecule has 1 aliphatic heterocycles. The van der Waals surface area contributed by atoms with Crippen molar-refractivity contribution in [2.45, 2.75) is 6.54 Å². The molecule has 1 aromatic heterocycles. The zero-order valence-corrected chi connectivity index (χ0v) is 16.9. The lowest BCUT2D eigenvalue weighted by molar-refractivity contribution is -0.137. The Morgan fingerprint density at radius 1 is 0.900 bits per heavy atom. The molecule has 2 aromatic carbocycles. The first-order valence-corrected chi connectivity index (χ1v) is 9.64. The zero-order chi connectivity index (χ0) is 21.1. The molecule has 4 rings (SSSR count). The van der Waals surface area contributed by atoms with Gasteiger partial charge in [-0.3, -0.25) is 19.5 Å². The van der Waals surface area contributed by atoms with Crippen LogP contribution in [-0.4, -0.2) is 35.8 Å². The smallest absolute Gasteiger partial charge is 0.278 e. The minimum Gasteiger partial charge on any atom is -0.378 e. The van der Waals surface area contributed by atoms with E-state index in [0.717, 1.165) is 16.9 Å². The van der Waals surface area contributed by atoms with Gasteiger partial charge >= 0.3 is 0 Å². The third-order valence-electron chi connectivity index (χ3n) is 4.95. The highest BCUT2D eigenvalue weighted by Crippen LogP contribution is 2.31. The maximum absolute atomic E-state index is 13.2. The molecule has 6 nitrogen and oxygen atoms in total. The Morgan fingerprint density at radius 2 is 1.63 bits per heavy atom. The number of carbonyl (C=O) groups is 2. The molecule has 2 heterocycles. The Bertz CT molecular complexity index is 1090. The van der Waals surface area contributed by atoms with Crippen molar-refractivity contribution >= 4 is 28.8 Å². The van der Waals surface area contributed by atoms with E-state index >= 15 is 0 Å². The fraction of sp³-hybridized carbons (Fsp3) is 0.125. The highest BCUT2D eigenvalue weighted by atomic mass is 16.2. The van der Waals surface area contributed by atoms with Crippen LogP contribution in [0.3, 0.4) is 0 Å². The number of carbonyl (C=O) groups excluding carboxylic acids is 2. The number of pyridine rings is 1. The number of nitrogens with one attached hydrogen (secondary N) is 1. The van der Waals surface area contributed by atoms with Gasteiger partial charge < -0.3 is 10.2 Å². The Hall–Kier alpha value is -3.93. The highest BCUT2D eigenvalue weighted by molar-refractivity contribution is 6.36. The fourth-order valence-corrected chi connectivity index (χ4v) is 3.37. The standard InChI is InChI=1S/C24H22N4O2/c1-27(2)20-12-10-19(11-13-20)26-22-21(18-8-4-3-5-9-18)23(29)28(24(22)30)16-17-7-6-14-25-15-17/h3-15,26H,16H2,1-2H3. The van der Waals surface area contributed by atoms with Gasteiger partial charge in [0, 0.05) is 37.9 Å². The molecule has 0 atom stereocenters. The van der Waals surface area contributed by atoms with Crippen LogP contribution in [0.15, 0.2) is 84.8 Å². The zero-order valence-electron chi connectivity index (χ0n) is 16.9. The van der Waals surface area contributed by atoms with E-state index in [1.165, 1.54) is 4.90 Å². The SMILES string of the molecule is CN(C)c1ccc(NC2=C(c3ccccc3)C(=O)N(Cc3cccnc3)C2=O)cc1. The number of aromatic nitrogens is 1. The third-order valence-corrected chi connectivity index (χ3v) is 4.95. The van der Waals surface area contributed by atoms with Crippen molar-refractivity contribution in [3.63, 3.8) is 0 Å². The van der Waals surface area contributed by atoms with Gasteiger partial charge in [-0.25, -0.2) is 0 Å². The number of nitrogens with zero attached hydrogens (tertiary/aromatic N) is 3. The predicted octanol–water partition coefficient (Wildman–Crippen LogP) is 3.54. The van der Waals surface area contributed by atoms with Gasteiger partial charge in [-0.1, -0.05) is 36.4 Å². The van der Waals surface area contributed by atoms with Crippen molar-refractivity contribution in [1.29, 1.82) is 0 Å². The minimum absolute atomic E-state index is 0.173. The lowest BCUT2D eigenvalue weighted by atomic mass is 10.0.